The molecule has 0 aliphatic carbocycles. The van der Waals surface area contributed by atoms with Gasteiger partial charge in [0.25, 0.3) is 5.91 Å². The summed E-state index contributed by atoms with van der Waals surface area (Å²) < 4.78 is 5.05. The summed E-state index contributed by atoms with van der Waals surface area (Å²) in [6.07, 6.45) is 1.45. The van der Waals surface area contributed by atoms with Gasteiger partial charge in [0.05, 0.1) is 6.61 Å². The molecule has 94 valence electrons. The minimum absolute atomic E-state index is 0.173. The first-order chi connectivity index (χ1) is 8.69. The molecule has 2 heterocycles. The molecular weight excluding hydrogens is 258 g/mol. The fourth-order valence-corrected chi connectivity index (χ4v) is 1.36. The molecule has 0 radical (unpaired) electrons. The van der Waals surface area contributed by atoms with Crippen molar-refractivity contribution in [3.63, 3.8) is 0 Å². The first-order valence-corrected chi connectivity index (χ1v) is 5.55. The number of ether oxygens (including phenoxy) is 1. The van der Waals surface area contributed by atoms with Crippen molar-refractivity contribution in [1.82, 2.24) is 20.2 Å². The van der Waals surface area contributed by atoms with Crippen LogP contribution >= 0.6 is 11.6 Å². The average molecular weight is 268 g/mol. The number of halogens is 1. The molecule has 18 heavy (non-hydrogen) atoms. The van der Waals surface area contributed by atoms with Crippen LogP contribution in [0.3, 0.4) is 0 Å². The second-order valence-electron chi connectivity index (χ2n) is 3.21. The highest BCUT2D eigenvalue weighted by Gasteiger charge is 2.11. The van der Waals surface area contributed by atoms with Crippen molar-refractivity contribution in [2.75, 3.05) is 11.9 Å². The van der Waals surface area contributed by atoms with Crippen LogP contribution in [-0.2, 0) is 0 Å². The summed E-state index contributed by atoms with van der Waals surface area (Å²) in [5.41, 5.74) is 0.192. The van der Waals surface area contributed by atoms with Crippen LogP contribution in [0.25, 0.3) is 0 Å². The van der Waals surface area contributed by atoms with E-state index < -0.39 is 5.91 Å². The Kier molecular flexibility index (Phi) is 3.73. The molecule has 2 aromatic rings. The molecule has 0 aromatic carbocycles. The Morgan fingerprint density at radius 2 is 2.44 bits per heavy atom. The van der Waals surface area contributed by atoms with Gasteiger partial charge in [0, 0.05) is 11.2 Å². The van der Waals surface area contributed by atoms with Crippen LogP contribution in [0.5, 0.6) is 6.01 Å². The molecule has 0 saturated carbocycles. The van der Waals surface area contributed by atoms with Gasteiger partial charge in [0.1, 0.15) is 5.69 Å². The summed E-state index contributed by atoms with van der Waals surface area (Å²) in [5.74, 6) is -0.248. The van der Waals surface area contributed by atoms with Gasteiger partial charge < -0.3 is 4.74 Å². The Bertz CT molecular complexity index is 557. The number of H-pyrrole nitrogens is 1. The summed E-state index contributed by atoms with van der Waals surface area (Å²) in [6, 6.07) is 3.21. The maximum atomic E-state index is 11.8. The molecule has 2 rings (SSSR count). The fraction of sp³-hybridized carbons (Fsp3) is 0.200. The van der Waals surface area contributed by atoms with E-state index in [1.54, 1.807) is 6.07 Å². The number of hydrogen-bond donors (Lipinski definition) is 2. The van der Waals surface area contributed by atoms with Crippen molar-refractivity contribution in [2.45, 2.75) is 6.92 Å². The molecular formula is C10H10ClN5O2. The van der Waals surface area contributed by atoms with Crippen LogP contribution in [-0.4, -0.2) is 32.7 Å². The number of anilines is 1. The van der Waals surface area contributed by atoms with Crippen LogP contribution in [0.1, 0.15) is 17.4 Å². The number of hydrogen-bond acceptors (Lipinski definition) is 5. The molecule has 0 aliphatic rings. The normalized spacial score (nSPS) is 10.1. The number of rotatable bonds is 4. The van der Waals surface area contributed by atoms with E-state index in [0.29, 0.717) is 11.6 Å². The Morgan fingerprint density at radius 3 is 3.17 bits per heavy atom. The predicted molar refractivity (Wildman–Crippen MR) is 64.8 cm³/mol. The molecule has 0 atom stereocenters. The summed E-state index contributed by atoms with van der Waals surface area (Å²) in [7, 11) is 0. The third kappa shape index (κ3) is 2.95. The van der Waals surface area contributed by atoms with E-state index in [1.165, 1.54) is 12.3 Å². The largest absolute Gasteiger partial charge is 0.463 e. The van der Waals surface area contributed by atoms with Crippen LogP contribution in [0.15, 0.2) is 18.3 Å². The van der Waals surface area contributed by atoms with Gasteiger partial charge >= 0.3 is 6.01 Å². The summed E-state index contributed by atoms with van der Waals surface area (Å²) >= 11 is 5.76. The lowest BCUT2D eigenvalue weighted by molar-refractivity contribution is 0.102. The summed E-state index contributed by atoms with van der Waals surface area (Å²) in [5, 5.41) is 9.21. The lowest BCUT2D eigenvalue weighted by Gasteiger charge is -2.00. The van der Waals surface area contributed by atoms with Crippen molar-refractivity contribution in [3.05, 3.63) is 29.0 Å². The van der Waals surface area contributed by atoms with Crippen LogP contribution < -0.4 is 10.1 Å². The maximum Gasteiger partial charge on any atom is 0.337 e. The number of nitrogens with one attached hydrogen (secondary N) is 2. The zero-order valence-corrected chi connectivity index (χ0v) is 10.2. The van der Waals surface area contributed by atoms with E-state index in [0.717, 1.165) is 0 Å². The Labute approximate surface area is 108 Å². The smallest absolute Gasteiger partial charge is 0.337 e. The number of carbonyl (C=O) groups is 1. The number of nitrogens with zero attached hydrogens (tertiary/aromatic N) is 3. The number of pyridine rings is 1. The van der Waals surface area contributed by atoms with Crippen LogP contribution in [0, 0.1) is 0 Å². The number of carbonyl (C=O) groups excluding carboxylic acids is 1. The second-order valence-corrected chi connectivity index (χ2v) is 3.65. The highest BCUT2D eigenvalue weighted by atomic mass is 35.5. The number of amides is 1. The van der Waals surface area contributed by atoms with Crippen molar-refractivity contribution in [3.8, 4) is 6.01 Å². The van der Waals surface area contributed by atoms with E-state index in [9.17, 15) is 4.79 Å². The minimum atomic E-state index is -0.434. The predicted octanol–water partition coefficient (Wildman–Crippen LogP) is 1.50. The molecule has 0 bridgehead atoms. The first-order valence-electron chi connectivity index (χ1n) is 5.17. The van der Waals surface area contributed by atoms with E-state index in [1.807, 2.05) is 6.92 Å². The zero-order valence-electron chi connectivity index (χ0n) is 9.48. The molecule has 0 fully saturated rings. The molecule has 8 heteroatoms. The highest BCUT2D eigenvalue weighted by Crippen LogP contribution is 2.10. The van der Waals surface area contributed by atoms with E-state index >= 15 is 0 Å². The molecule has 0 saturated heterocycles. The monoisotopic (exact) mass is 267 g/mol. The summed E-state index contributed by atoms with van der Waals surface area (Å²) in [6.45, 7) is 2.26. The molecule has 0 spiro atoms. The third-order valence-electron chi connectivity index (χ3n) is 1.92. The van der Waals surface area contributed by atoms with Gasteiger partial charge in [-0.2, -0.15) is 4.98 Å². The van der Waals surface area contributed by atoms with E-state index in [-0.39, 0.29) is 17.7 Å². The van der Waals surface area contributed by atoms with Gasteiger partial charge in [-0.3, -0.25) is 15.1 Å². The topological polar surface area (TPSA) is 92.8 Å². The van der Waals surface area contributed by atoms with Crippen molar-refractivity contribution in [1.29, 1.82) is 0 Å². The minimum Gasteiger partial charge on any atom is -0.463 e. The Morgan fingerprint density at radius 1 is 1.61 bits per heavy atom. The first kappa shape index (κ1) is 12.3. The molecule has 1 amide bonds. The van der Waals surface area contributed by atoms with E-state index in [2.05, 4.69) is 25.5 Å². The van der Waals surface area contributed by atoms with E-state index in [4.69, 9.17) is 16.3 Å². The molecule has 7 nitrogen and oxygen atoms in total. The number of aromatic nitrogens is 4. The van der Waals surface area contributed by atoms with Crippen molar-refractivity contribution >= 4 is 23.5 Å². The van der Waals surface area contributed by atoms with Gasteiger partial charge in [-0.25, -0.2) is 5.10 Å². The van der Waals surface area contributed by atoms with Gasteiger partial charge in [-0.1, -0.05) is 11.6 Å². The molecule has 2 aromatic heterocycles. The lowest BCUT2D eigenvalue weighted by atomic mass is 10.3. The molecule has 2 N–H and O–H groups in total. The average Bonchev–Trinajstić information content (AvgIpc) is 2.77. The zero-order chi connectivity index (χ0) is 13.0. The van der Waals surface area contributed by atoms with Crippen molar-refractivity contribution in [2.24, 2.45) is 0 Å². The van der Waals surface area contributed by atoms with Crippen LogP contribution in [0.4, 0.5) is 5.95 Å². The highest BCUT2D eigenvalue weighted by molar-refractivity contribution is 6.30. The fourth-order valence-electron chi connectivity index (χ4n) is 1.20. The van der Waals surface area contributed by atoms with Gasteiger partial charge in [-0.05, 0) is 19.1 Å². The van der Waals surface area contributed by atoms with Gasteiger partial charge in [0.2, 0.25) is 5.95 Å². The molecule has 0 aliphatic heterocycles. The Hall–Kier alpha value is -2.15. The standard InChI is InChI=1S/C10H10ClN5O2/c1-2-18-10-14-9(15-16-10)13-8(17)7-5-6(11)3-4-12-7/h3-5H,2H2,1H3,(H2,13,14,15,16,17). The van der Waals surface area contributed by atoms with Crippen LogP contribution in [0.2, 0.25) is 5.02 Å². The number of aromatic amines is 1. The summed E-state index contributed by atoms with van der Waals surface area (Å²) in [4.78, 5) is 19.6. The van der Waals surface area contributed by atoms with Crippen molar-refractivity contribution < 1.29 is 9.53 Å². The Balaban J connectivity index is 2.06. The van der Waals surface area contributed by atoms with Gasteiger partial charge in [-0.15, -0.1) is 5.10 Å². The second kappa shape index (κ2) is 5.46. The lowest BCUT2D eigenvalue weighted by Crippen LogP contribution is -2.14. The SMILES string of the molecule is CCOc1n[nH]c(NC(=O)c2cc(Cl)ccn2)n1. The third-order valence-corrected chi connectivity index (χ3v) is 2.16. The molecule has 0 unspecified atom stereocenters. The maximum absolute atomic E-state index is 11.8. The quantitative estimate of drug-likeness (QED) is 0.876. The van der Waals surface area contributed by atoms with Gasteiger partial charge in [0.15, 0.2) is 0 Å².